The highest BCUT2D eigenvalue weighted by molar-refractivity contribution is 9.10. The maximum absolute atomic E-state index is 11.7. The zero-order valence-electron chi connectivity index (χ0n) is 11.9. The van der Waals surface area contributed by atoms with Gasteiger partial charge in [-0.25, -0.2) is 4.79 Å². The van der Waals surface area contributed by atoms with Crippen LogP contribution in [0.2, 0.25) is 0 Å². The number of carboxylic acid groups (broad SMARTS) is 1. The Hall–Kier alpha value is -1.40. The topological polar surface area (TPSA) is 69.6 Å². The number of halogens is 1. The number of likely N-dealkylation sites (tertiary alicyclic amines) is 1. The second-order valence-corrected chi connectivity index (χ2v) is 6.15. The molecule has 1 aromatic rings. The van der Waals surface area contributed by atoms with Crippen LogP contribution in [-0.2, 0) is 11.3 Å². The molecular formula is C15H19BrN2O3. The largest absolute Gasteiger partial charge is 0.478 e. The van der Waals surface area contributed by atoms with E-state index in [4.69, 9.17) is 5.11 Å². The van der Waals surface area contributed by atoms with Gasteiger partial charge in [0.05, 0.1) is 11.5 Å². The Labute approximate surface area is 132 Å². The van der Waals surface area contributed by atoms with Crippen LogP contribution in [0.1, 0.15) is 28.8 Å². The van der Waals surface area contributed by atoms with Crippen molar-refractivity contribution in [3.05, 3.63) is 33.8 Å². The molecule has 0 saturated carbocycles. The SMILES string of the molecule is CNC(=O)C1CCCN(Cc2ccc(C(=O)O)cc2Br)C1. The van der Waals surface area contributed by atoms with Gasteiger partial charge in [0.2, 0.25) is 5.91 Å². The van der Waals surface area contributed by atoms with Gasteiger partial charge in [-0.05, 0) is 37.1 Å². The highest BCUT2D eigenvalue weighted by Crippen LogP contribution is 2.23. The van der Waals surface area contributed by atoms with Gasteiger partial charge in [-0.15, -0.1) is 0 Å². The van der Waals surface area contributed by atoms with Gasteiger partial charge < -0.3 is 10.4 Å². The average molecular weight is 355 g/mol. The molecule has 1 heterocycles. The number of rotatable bonds is 4. The summed E-state index contributed by atoms with van der Waals surface area (Å²) in [4.78, 5) is 24.9. The molecule has 0 aromatic heterocycles. The molecule has 2 rings (SSSR count). The molecule has 1 aliphatic rings. The van der Waals surface area contributed by atoms with E-state index in [1.165, 1.54) is 0 Å². The van der Waals surface area contributed by atoms with Crippen LogP contribution in [0.3, 0.4) is 0 Å². The third-order valence-corrected chi connectivity index (χ3v) is 4.55. The van der Waals surface area contributed by atoms with E-state index in [-0.39, 0.29) is 17.4 Å². The number of carboxylic acids is 1. The maximum Gasteiger partial charge on any atom is 0.335 e. The number of piperidine rings is 1. The Kier molecular flexibility index (Phi) is 5.36. The molecule has 0 radical (unpaired) electrons. The number of hydrogen-bond acceptors (Lipinski definition) is 3. The van der Waals surface area contributed by atoms with Crippen LogP contribution >= 0.6 is 15.9 Å². The number of carbonyl (C=O) groups excluding carboxylic acids is 1. The van der Waals surface area contributed by atoms with Gasteiger partial charge in [0.15, 0.2) is 0 Å². The molecule has 1 fully saturated rings. The number of benzene rings is 1. The predicted octanol–water partition coefficient (Wildman–Crippen LogP) is 2.11. The summed E-state index contributed by atoms with van der Waals surface area (Å²) in [5.74, 6) is -0.791. The van der Waals surface area contributed by atoms with Crippen LogP contribution in [0.25, 0.3) is 0 Å². The van der Waals surface area contributed by atoms with Crippen molar-refractivity contribution >= 4 is 27.8 Å². The minimum absolute atomic E-state index is 0.0424. The Morgan fingerprint density at radius 2 is 2.24 bits per heavy atom. The van der Waals surface area contributed by atoms with Crippen LogP contribution in [0.4, 0.5) is 0 Å². The molecule has 1 atom stereocenters. The van der Waals surface area contributed by atoms with Crippen molar-refractivity contribution in [1.29, 1.82) is 0 Å². The van der Waals surface area contributed by atoms with Crippen molar-refractivity contribution in [3.8, 4) is 0 Å². The van der Waals surface area contributed by atoms with Crippen molar-refractivity contribution in [2.75, 3.05) is 20.1 Å². The summed E-state index contributed by atoms with van der Waals surface area (Å²) in [6.07, 6.45) is 1.93. The van der Waals surface area contributed by atoms with E-state index in [2.05, 4.69) is 26.1 Å². The smallest absolute Gasteiger partial charge is 0.335 e. The quantitative estimate of drug-likeness (QED) is 0.868. The second kappa shape index (κ2) is 7.04. The van der Waals surface area contributed by atoms with Gasteiger partial charge in [0.1, 0.15) is 0 Å². The highest BCUT2D eigenvalue weighted by atomic mass is 79.9. The van der Waals surface area contributed by atoms with E-state index in [1.807, 2.05) is 6.07 Å². The molecule has 21 heavy (non-hydrogen) atoms. The van der Waals surface area contributed by atoms with Crippen LogP contribution in [-0.4, -0.2) is 42.0 Å². The van der Waals surface area contributed by atoms with Gasteiger partial charge in [-0.1, -0.05) is 22.0 Å². The van der Waals surface area contributed by atoms with Crippen molar-refractivity contribution in [2.45, 2.75) is 19.4 Å². The fraction of sp³-hybridized carbons (Fsp3) is 0.467. The molecule has 114 valence electrons. The third-order valence-electron chi connectivity index (χ3n) is 3.82. The van der Waals surface area contributed by atoms with Crippen LogP contribution < -0.4 is 5.32 Å². The van der Waals surface area contributed by atoms with Crippen LogP contribution in [0.15, 0.2) is 22.7 Å². The fourth-order valence-corrected chi connectivity index (χ4v) is 3.17. The summed E-state index contributed by atoms with van der Waals surface area (Å²) in [5.41, 5.74) is 1.31. The average Bonchev–Trinajstić information content (AvgIpc) is 2.48. The Bertz CT molecular complexity index is 548. The summed E-state index contributed by atoms with van der Waals surface area (Å²) >= 11 is 3.43. The summed E-state index contributed by atoms with van der Waals surface area (Å²) < 4.78 is 0.796. The summed E-state index contributed by atoms with van der Waals surface area (Å²) in [6, 6.07) is 5.07. The minimum Gasteiger partial charge on any atom is -0.478 e. The molecule has 1 unspecified atom stereocenters. The first-order valence-corrected chi connectivity index (χ1v) is 7.76. The van der Waals surface area contributed by atoms with Crippen molar-refractivity contribution < 1.29 is 14.7 Å². The van der Waals surface area contributed by atoms with Gasteiger partial charge in [0.25, 0.3) is 0 Å². The fourth-order valence-electron chi connectivity index (χ4n) is 2.67. The molecule has 5 nitrogen and oxygen atoms in total. The molecule has 2 N–H and O–H groups in total. The normalized spacial score (nSPS) is 19.2. The third kappa shape index (κ3) is 4.04. The second-order valence-electron chi connectivity index (χ2n) is 5.30. The summed E-state index contributed by atoms with van der Waals surface area (Å²) in [6.45, 7) is 2.42. The molecule has 1 amide bonds. The number of carbonyl (C=O) groups is 2. The lowest BCUT2D eigenvalue weighted by Gasteiger charge is -2.32. The lowest BCUT2D eigenvalue weighted by Crippen LogP contribution is -2.41. The van der Waals surface area contributed by atoms with Crippen molar-refractivity contribution in [1.82, 2.24) is 10.2 Å². The van der Waals surface area contributed by atoms with Gasteiger partial charge in [-0.3, -0.25) is 9.69 Å². The standard InChI is InChI=1S/C15H19BrN2O3/c1-17-14(19)12-3-2-6-18(9-12)8-11-5-4-10(15(20)21)7-13(11)16/h4-5,7,12H,2-3,6,8-9H2,1H3,(H,17,19)(H,20,21). The molecular weight excluding hydrogens is 336 g/mol. The molecule has 0 spiro atoms. The lowest BCUT2D eigenvalue weighted by molar-refractivity contribution is -0.126. The van der Waals surface area contributed by atoms with Crippen molar-refractivity contribution in [3.63, 3.8) is 0 Å². The molecule has 1 aromatic carbocycles. The zero-order chi connectivity index (χ0) is 15.4. The number of nitrogens with one attached hydrogen (secondary N) is 1. The van der Waals surface area contributed by atoms with Gasteiger partial charge in [0, 0.05) is 24.6 Å². The molecule has 1 saturated heterocycles. The first kappa shape index (κ1) is 16.0. The number of amides is 1. The Morgan fingerprint density at radius 3 is 2.86 bits per heavy atom. The summed E-state index contributed by atoms with van der Waals surface area (Å²) in [5, 5.41) is 11.7. The maximum atomic E-state index is 11.7. The lowest BCUT2D eigenvalue weighted by atomic mass is 9.96. The molecule has 0 aliphatic carbocycles. The Balaban J connectivity index is 2.04. The van der Waals surface area contributed by atoms with Gasteiger partial charge >= 0.3 is 5.97 Å². The number of hydrogen-bond donors (Lipinski definition) is 2. The molecule has 0 bridgehead atoms. The zero-order valence-corrected chi connectivity index (χ0v) is 13.5. The van der Waals surface area contributed by atoms with Crippen LogP contribution in [0, 0.1) is 5.92 Å². The molecule has 6 heteroatoms. The summed E-state index contributed by atoms with van der Waals surface area (Å²) in [7, 11) is 1.67. The van der Waals surface area contributed by atoms with E-state index in [0.717, 1.165) is 36.0 Å². The number of nitrogens with zero attached hydrogens (tertiary/aromatic N) is 1. The van der Waals surface area contributed by atoms with E-state index >= 15 is 0 Å². The monoisotopic (exact) mass is 354 g/mol. The van der Waals surface area contributed by atoms with Crippen LogP contribution in [0.5, 0.6) is 0 Å². The van der Waals surface area contributed by atoms with Crippen molar-refractivity contribution in [2.24, 2.45) is 5.92 Å². The minimum atomic E-state index is -0.931. The number of aromatic carboxylic acids is 1. The van der Waals surface area contributed by atoms with Gasteiger partial charge in [-0.2, -0.15) is 0 Å². The van der Waals surface area contributed by atoms with E-state index in [0.29, 0.717) is 6.54 Å². The van der Waals surface area contributed by atoms with E-state index < -0.39 is 5.97 Å². The molecule has 1 aliphatic heterocycles. The predicted molar refractivity (Wildman–Crippen MR) is 83.2 cm³/mol. The highest BCUT2D eigenvalue weighted by Gasteiger charge is 2.25. The Morgan fingerprint density at radius 1 is 1.48 bits per heavy atom. The first-order valence-electron chi connectivity index (χ1n) is 6.97. The van der Waals surface area contributed by atoms with E-state index in [9.17, 15) is 9.59 Å². The van der Waals surface area contributed by atoms with E-state index in [1.54, 1.807) is 19.2 Å². The first-order chi connectivity index (χ1) is 10.0.